The molecule has 0 aromatic heterocycles. The molecule has 0 saturated carbocycles. The number of fused-ring (bicyclic) bond motifs is 1. The number of benzene rings is 2. The van der Waals surface area contributed by atoms with Crippen LogP contribution in [0.1, 0.15) is 13.3 Å². The summed E-state index contributed by atoms with van der Waals surface area (Å²) in [5.41, 5.74) is 1.29. The second-order valence-corrected chi connectivity index (χ2v) is 5.65. The van der Waals surface area contributed by atoms with Crippen LogP contribution in [0.4, 0.5) is 5.69 Å². The maximum atomic E-state index is 5.88. The van der Waals surface area contributed by atoms with E-state index in [0.717, 1.165) is 31.1 Å². The van der Waals surface area contributed by atoms with Gasteiger partial charge in [-0.25, -0.2) is 4.72 Å². The number of nitrogens with one attached hydrogen (secondary N) is 1. The molecule has 1 aliphatic rings. The molecule has 0 unspecified atom stereocenters. The lowest BCUT2D eigenvalue weighted by Crippen LogP contribution is -2.35. The summed E-state index contributed by atoms with van der Waals surface area (Å²) in [4.78, 5) is 3.58. The van der Waals surface area contributed by atoms with Gasteiger partial charge in [0.2, 0.25) is 0 Å². The third kappa shape index (κ3) is 2.92. The predicted molar refractivity (Wildman–Crippen MR) is 84.5 cm³/mol. The smallest absolute Gasteiger partial charge is 0.128 e. The summed E-state index contributed by atoms with van der Waals surface area (Å²) in [7, 11) is 0. The lowest BCUT2D eigenvalue weighted by atomic mass is 10.2. The van der Waals surface area contributed by atoms with Crippen LogP contribution in [0.2, 0.25) is 0 Å². The Morgan fingerprint density at radius 1 is 1.15 bits per heavy atom. The van der Waals surface area contributed by atoms with Crippen LogP contribution in [0.25, 0.3) is 0 Å². The summed E-state index contributed by atoms with van der Waals surface area (Å²) in [6.07, 6.45) is 1.15. The van der Waals surface area contributed by atoms with Crippen LogP contribution in [0.5, 0.6) is 11.5 Å². The molecule has 2 aromatic rings. The molecular weight excluding hydrogens is 268 g/mol. The number of para-hydroxylation sites is 1. The van der Waals surface area contributed by atoms with Gasteiger partial charge in [0.15, 0.2) is 0 Å². The Morgan fingerprint density at radius 2 is 2.00 bits per heavy atom. The SMILES string of the molecule is CCCN1CNSc2cc(Oc3ccccc3)ccc21. The Balaban J connectivity index is 1.82. The van der Waals surface area contributed by atoms with Crippen molar-refractivity contribution in [2.24, 2.45) is 0 Å². The van der Waals surface area contributed by atoms with Crippen LogP contribution in [-0.2, 0) is 0 Å². The van der Waals surface area contributed by atoms with Gasteiger partial charge in [-0.1, -0.05) is 25.1 Å². The van der Waals surface area contributed by atoms with Crippen LogP contribution in [0.15, 0.2) is 53.4 Å². The highest BCUT2D eigenvalue weighted by Crippen LogP contribution is 2.36. The zero-order valence-corrected chi connectivity index (χ0v) is 12.3. The molecule has 3 rings (SSSR count). The van der Waals surface area contributed by atoms with Gasteiger partial charge in [0.25, 0.3) is 0 Å². The van der Waals surface area contributed by atoms with Crippen LogP contribution in [0.3, 0.4) is 0 Å². The summed E-state index contributed by atoms with van der Waals surface area (Å²) in [6, 6.07) is 16.2. The van der Waals surface area contributed by atoms with Crippen molar-refractivity contribution in [1.82, 2.24) is 4.72 Å². The zero-order valence-electron chi connectivity index (χ0n) is 11.5. The molecule has 0 radical (unpaired) electrons. The lowest BCUT2D eigenvalue weighted by Gasteiger charge is -2.31. The Kier molecular flexibility index (Phi) is 4.14. The second kappa shape index (κ2) is 6.20. The topological polar surface area (TPSA) is 24.5 Å². The van der Waals surface area contributed by atoms with Gasteiger partial charge in [0, 0.05) is 11.4 Å². The summed E-state index contributed by atoms with van der Waals surface area (Å²) in [6.45, 7) is 4.16. The van der Waals surface area contributed by atoms with E-state index in [1.807, 2.05) is 36.4 Å². The molecule has 1 heterocycles. The molecule has 0 fully saturated rings. The van der Waals surface area contributed by atoms with Gasteiger partial charge in [-0.2, -0.15) is 0 Å². The van der Waals surface area contributed by atoms with Gasteiger partial charge in [0.1, 0.15) is 11.5 Å². The average molecular weight is 286 g/mol. The standard InChI is InChI=1S/C16H18N2OS/c1-2-10-18-12-17-20-16-11-14(8-9-15(16)18)19-13-6-4-3-5-7-13/h3-9,11,17H,2,10,12H2,1H3. The van der Waals surface area contributed by atoms with Gasteiger partial charge >= 0.3 is 0 Å². The fourth-order valence-corrected chi connectivity index (χ4v) is 3.12. The zero-order chi connectivity index (χ0) is 13.8. The Bertz CT molecular complexity index is 574. The molecule has 20 heavy (non-hydrogen) atoms. The van der Waals surface area contributed by atoms with Gasteiger partial charge in [-0.3, -0.25) is 0 Å². The number of hydrogen-bond donors (Lipinski definition) is 1. The Morgan fingerprint density at radius 3 is 2.80 bits per heavy atom. The molecule has 0 atom stereocenters. The third-order valence-corrected chi connectivity index (χ3v) is 4.00. The number of rotatable bonds is 4. The number of nitrogens with zero attached hydrogens (tertiary/aromatic N) is 1. The van der Waals surface area contributed by atoms with E-state index in [1.165, 1.54) is 10.6 Å². The quantitative estimate of drug-likeness (QED) is 0.849. The molecule has 0 bridgehead atoms. The van der Waals surface area contributed by atoms with Gasteiger partial charge < -0.3 is 9.64 Å². The molecule has 1 N–H and O–H groups in total. The average Bonchev–Trinajstić information content (AvgIpc) is 2.49. The van der Waals surface area contributed by atoms with E-state index in [2.05, 4.69) is 28.7 Å². The van der Waals surface area contributed by atoms with E-state index >= 15 is 0 Å². The summed E-state index contributed by atoms with van der Waals surface area (Å²) in [5.74, 6) is 1.74. The first-order valence-corrected chi connectivity index (χ1v) is 7.70. The van der Waals surface area contributed by atoms with Crippen LogP contribution in [-0.4, -0.2) is 13.2 Å². The van der Waals surface area contributed by atoms with E-state index in [1.54, 1.807) is 11.9 Å². The van der Waals surface area contributed by atoms with Crippen LogP contribution in [0, 0.1) is 0 Å². The van der Waals surface area contributed by atoms with Crippen molar-refractivity contribution in [1.29, 1.82) is 0 Å². The Labute approximate surface area is 124 Å². The normalized spacial score (nSPS) is 13.9. The molecule has 0 spiro atoms. The van der Waals surface area contributed by atoms with E-state index < -0.39 is 0 Å². The minimum atomic E-state index is 0.867. The molecular formula is C16H18N2OS. The van der Waals surface area contributed by atoms with Crippen molar-refractivity contribution < 1.29 is 4.74 Å². The van der Waals surface area contributed by atoms with Crippen molar-refractivity contribution in [3.63, 3.8) is 0 Å². The molecule has 4 heteroatoms. The number of anilines is 1. The third-order valence-electron chi connectivity index (χ3n) is 3.18. The second-order valence-electron chi connectivity index (χ2n) is 4.71. The van der Waals surface area contributed by atoms with Crippen molar-refractivity contribution >= 4 is 17.6 Å². The van der Waals surface area contributed by atoms with Crippen molar-refractivity contribution in [3.8, 4) is 11.5 Å². The maximum Gasteiger partial charge on any atom is 0.128 e. The van der Waals surface area contributed by atoms with E-state index in [-0.39, 0.29) is 0 Å². The minimum absolute atomic E-state index is 0.867. The first-order chi connectivity index (χ1) is 9.86. The summed E-state index contributed by atoms with van der Waals surface area (Å²) < 4.78 is 9.23. The predicted octanol–water partition coefficient (Wildman–Crippen LogP) is 4.26. The van der Waals surface area contributed by atoms with Gasteiger partial charge in [0.05, 0.1) is 12.4 Å². The first kappa shape index (κ1) is 13.3. The van der Waals surface area contributed by atoms with E-state index in [0.29, 0.717) is 0 Å². The fraction of sp³-hybridized carbons (Fsp3) is 0.250. The van der Waals surface area contributed by atoms with Crippen molar-refractivity contribution in [2.75, 3.05) is 18.1 Å². The highest BCUT2D eigenvalue weighted by molar-refractivity contribution is 7.97. The maximum absolute atomic E-state index is 5.88. The minimum Gasteiger partial charge on any atom is -0.457 e. The molecule has 0 aliphatic carbocycles. The molecule has 104 valence electrons. The molecule has 2 aromatic carbocycles. The fourth-order valence-electron chi connectivity index (χ4n) is 2.27. The van der Waals surface area contributed by atoms with E-state index in [4.69, 9.17) is 4.74 Å². The van der Waals surface area contributed by atoms with E-state index in [9.17, 15) is 0 Å². The molecule has 3 nitrogen and oxygen atoms in total. The summed E-state index contributed by atoms with van der Waals surface area (Å²) in [5, 5.41) is 0. The summed E-state index contributed by atoms with van der Waals surface area (Å²) >= 11 is 1.67. The first-order valence-electron chi connectivity index (χ1n) is 6.88. The monoisotopic (exact) mass is 286 g/mol. The highest BCUT2D eigenvalue weighted by Gasteiger charge is 2.17. The van der Waals surface area contributed by atoms with Crippen LogP contribution >= 0.6 is 11.9 Å². The molecule has 0 saturated heterocycles. The van der Waals surface area contributed by atoms with Crippen LogP contribution < -0.4 is 14.4 Å². The molecule has 1 aliphatic heterocycles. The van der Waals surface area contributed by atoms with Gasteiger partial charge in [-0.15, -0.1) is 0 Å². The lowest BCUT2D eigenvalue weighted by molar-refractivity contribution is 0.481. The molecule has 0 amide bonds. The highest BCUT2D eigenvalue weighted by atomic mass is 32.2. The van der Waals surface area contributed by atoms with Gasteiger partial charge in [-0.05, 0) is 48.7 Å². The van der Waals surface area contributed by atoms with Crippen molar-refractivity contribution in [3.05, 3.63) is 48.5 Å². The van der Waals surface area contributed by atoms with Crippen molar-refractivity contribution in [2.45, 2.75) is 18.2 Å². The largest absolute Gasteiger partial charge is 0.457 e. The number of hydrogen-bond acceptors (Lipinski definition) is 4. The number of ether oxygens (including phenoxy) is 1. The Hall–Kier alpha value is -1.65.